The lowest BCUT2D eigenvalue weighted by Crippen LogP contribution is -2.06. The fraction of sp³-hybridized carbons (Fsp3) is 0.227. The highest BCUT2D eigenvalue weighted by Crippen LogP contribution is 2.41. The van der Waals surface area contributed by atoms with E-state index < -0.39 is 0 Å². The van der Waals surface area contributed by atoms with Gasteiger partial charge in [0.1, 0.15) is 11.3 Å². The zero-order valence-corrected chi connectivity index (χ0v) is 17.6. The van der Waals surface area contributed by atoms with Gasteiger partial charge in [-0.15, -0.1) is 5.10 Å². The molecule has 0 aliphatic rings. The fourth-order valence-electron chi connectivity index (χ4n) is 3.41. The number of imidazole rings is 1. The molecule has 0 aliphatic heterocycles. The van der Waals surface area contributed by atoms with Crippen LogP contribution in [-0.2, 0) is 0 Å². The molecule has 0 bridgehead atoms. The quantitative estimate of drug-likeness (QED) is 0.515. The minimum absolute atomic E-state index is 0.528. The van der Waals surface area contributed by atoms with Crippen molar-refractivity contribution in [2.24, 2.45) is 0 Å². The molecule has 0 fully saturated rings. The molecule has 0 spiro atoms. The zero-order valence-electron chi connectivity index (χ0n) is 17.6. The minimum atomic E-state index is 0.528. The van der Waals surface area contributed by atoms with E-state index in [0.717, 1.165) is 28.3 Å². The zero-order chi connectivity index (χ0) is 21.3. The summed E-state index contributed by atoms with van der Waals surface area (Å²) in [6.45, 7) is 3.86. The lowest BCUT2D eigenvalue weighted by Gasteiger charge is -2.15. The molecule has 0 aliphatic carbocycles. The number of rotatable bonds is 6. The monoisotopic (exact) mass is 405 g/mol. The minimum Gasteiger partial charge on any atom is -0.493 e. The number of ether oxygens (including phenoxy) is 3. The highest BCUT2D eigenvalue weighted by molar-refractivity contribution is 5.78. The Kier molecular flexibility index (Phi) is 5.14. The van der Waals surface area contributed by atoms with Crippen molar-refractivity contribution in [2.45, 2.75) is 13.8 Å². The topological polar surface area (TPSA) is 82.8 Å². The van der Waals surface area contributed by atoms with Gasteiger partial charge in [0.2, 0.25) is 5.75 Å². The van der Waals surface area contributed by atoms with E-state index in [0.29, 0.717) is 28.9 Å². The Balaban J connectivity index is 1.88. The Hall–Kier alpha value is -3.81. The van der Waals surface area contributed by atoms with Gasteiger partial charge in [0.05, 0.1) is 27.0 Å². The van der Waals surface area contributed by atoms with Gasteiger partial charge in [0, 0.05) is 23.4 Å². The van der Waals surface area contributed by atoms with Crippen LogP contribution in [0, 0.1) is 13.8 Å². The number of hydrogen-bond acceptors (Lipinski definition) is 7. The van der Waals surface area contributed by atoms with E-state index in [4.69, 9.17) is 24.3 Å². The highest BCUT2D eigenvalue weighted by Gasteiger charge is 2.18. The van der Waals surface area contributed by atoms with Gasteiger partial charge < -0.3 is 19.5 Å². The van der Waals surface area contributed by atoms with Gasteiger partial charge in [0.25, 0.3) is 0 Å². The van der Waals surface area contributed by atoms with Crippen LogP contribution in [0.5, 0.6) is 17.2 Å². The number of nitrogens with zero attached hydrogens (tertiary/aromatic N) is 4. The first-order chi connectivity index (χ1) is 14.5. The van der Waals surface area contributed by atoms with Crippen LogP contribution in [0.2, 0.25) is 0 Å². The molecule has 8 nitrogen and oxygen atoms in total. The van der Waals surface area contributed by atoms with Gasteiger partial charge in [-0.1, -0.05) is 30.3 Å². The third kappa shape index (κ3) is 3.36. The van der Waals surface area contributed by atoms with Crippen LogP contribution in [-0.4, -0.2) is 40.9 Å². The van der Waals surface area contributed by atoms with Crippen molar-refractivity contribution >= 4 is 17.0 Å². The first-order valence-electron chi connectivity index (χ1n) is 9.42. The van der Waals surface area contributed by atoms with E-state index >= 15 is 0 Å². The van der Waals surface area contributed by atoms with Gasteiger partial charge in [-0.25, -0.2) is 14.5 Å². The predicted molar refractivity (Wildman–Crippen MR) is 115 cm³/mol. The molecule has 154 valence electrons. The number of methoxy groups -OCH3 is 3. The summed E-state index contributed by atoms with van der Waals surface area (Å²) >= 11 is 0. The third-order valence-electron chi connectivity index (χ3n) is 4.79. The van der Waals surface area contributed by atoms with Gasteiger partial charge in [-0.2, -0.15) is 0 Å². The van der Waals surface area contributed by atoms with E-state index in [1.165, 1.54) is 0 Å². The van der Waals surface area contributed by atoms with Crippen molar-refractivity contribution in [3.63, 3.8) is 0 Å². The molecule has 4 rings (SSSR count). The summed E-state index contributed by atoms with van der Waals surface area (Å²) in [7, 11) is 4.75. The second-order valence-corrected chi connectivity index (χ2v) is 6.69. The average molecular weight is 405 g/mol. The molecule has 0 radical (unpaired) electrons. The van der Waals surface area contributed by atoms with Crippen molar-refractivity contribution < 1.29 is 14.2 Å². The molecule has 0 atom stereocenters. The predicted octanol–water partition coefficient (Wildman–Crippen LogP) is 4.18. The number of aromatic nitrogens is 4. The van der Waals surface area contributed by atoms with Crippen LogP contribution in [0.3, 0.4) is 0 Å². The molecule has 1 N–H and O–H groups in total. The number of benzene rings is 2. The van der Waals surface area contributed by atoms with Crippen LogP contribution in [0.4, 0.5) is 11.5 Å². The van der Waals surface area contributed by atoms with E-state index in [1.807, 2.05) is 60.8 Å². The molecule has 2 aromatic carbocycles. The summed E-state index contributed by atoms with van der Waals surface area (Å²) in [5.74, 6) is 3.65. The molecule has 30 heavy (non-hydrogen) atoms. The van der Waals surface area contributed by atoms with E-state index in [9.17, 15) is 0 Å². The van der Waals surface area contributed by atoms with E-state index in [1.54, 1.807) is 21.3 Å². The SMILES string of the molecule is COc1cc(Nc2nc(-c3ccccc3)nn3c(C)nc(C)c23)cc(OC)c1OC. The summed E-state index contributed by atoms with van der Waals surface area (Å²) in [5.41, 5.74) is 3.29. The molecule has 0 saturated carbocycles. The molecule has 0 unspecified atom stereocenters. The number of fused-ring (bicyclic) bond motifs is 1. The lowest BCUT2D eigenvalue weighted by molar-refractivity contribution is 0.324. The smallest absolute Gasteiger partial charge is 0.203 e. The second kappa shape index (κ2) is 7.90. The van der Waals surface area contributed by atoms with Crippen LogP contribution in [0.1, 0.15) is 11.5 Å². The number of aryl methyl sites for hydroxylation is 2. The largest absolute Gasteiger partial charge is 0.493 e. The molecular weight excluding hydrogens is 382 g/mol. The van der Waals surface area contributed by atoms with Crippen molar-refractivity contribution in [1.29, 1.82) is 0 Å². The Morgan fingerprint density at radius 2 is 1.53 bits per heavy atom. The number of anilines is 2. The third-order valence-corrected chi connectivity index (χ3v) is 4.79. The molecule has 4 aromatic rings. The van der Waals surface area contributed by atoms with E-state index in [-0.39, 0.29) is 0 Å². The Bertz CT molecular complexity index is 1180. The summed E-state index contributed by atoms with van der Waals surface area (Å²) in [5, 5.41) is 8.08. The molecular formula is C22H23N5O3. The maximum Gasteiger partial charge on any atom is 0.203 e. The first kappa shape index (κ1) is 19.5. The van der Waals surface area contributed by atoms with Crippen LogP contribution in [0.25, 0.3) is 16.9 Å². The lowest BCUT2D eigenvalue weighted by atomic mass is 10.2. The Morgan fingerprint density at radius 3 is 2.13 bits per heavy atom. The first-order valence-corrected chi connectivity index (χ1v) is 9.42. The highest BCUT2D eigenvalue weighted by atomic mass is 16.5. The Morgan fingerprint density at radius 1 is 0.867 bits per heavy atom. The number of nitrogens with one attached hydrogen (secondary N) is 1. The summed E-state index contributed by atoms with van der Waals surface area (Å²) in [4.78, 5) is 9.37. The molecule has 2 heterocycles. The Labute approximate surface area is 174 Å². The average Bonchev–Trinajstić information content (AvgIpc) is 3.07. The standard InChI is InChI=1S/C22H23N5O3/c1-13-19-22(24-16-11-17(28-3)20(30-5)18(12-16)29-4)25-21(15-9-7-6-8-10-15)26-27(19)14(2)23-13/h6-12H,1-5H3,(H,24,25,26). The van der Waals surface area contributed by atoms with E-state index in [2.05, 4.69) is 10.3 Å². The molecule has 0 amide bonds. The van der Waals surface area contributed by atoms with Gasteiger partial charge in [-0.05, 0) is 13.8 Å². The van der Waals surface area contributed by atoms with Gasteiger partial charge in [-0.3, -0.25) is 0 Å². The molecule has 2 aromatic heterocycles. The van der Waals surface area contributed by atoms with Crippen molar-refractivity contribution in [3.05, 3.63) is 54.0 Å². The van der Waals surface area contributed by atoms with Crippen molar-refractivity contribution in [1.82, 2.24) is 19.6 Å². The normalized spacial score (nSPS) is 10.8. The second-order valence-electron chi connectivity index (χ2n) is 6.69. The maximum atomic E-state index is 5.47. The number of hydrogen-bond donors (Lipinski definition) is 1. The fourth-order valence-corrected chi connectivity index (χ4v) is 3.41. The van der Waals surface area contributed by atoms with Crippen LogP contribution in [0.15, 0.2) is 42.5 Å². The maximum absolute atomic E-state index is 5.47. The van der Waals surface area contributed by atoms with Crippen molar-refractivity contribution in [2.75, 3.05) is 26.6 Å². The van der Waals surface area contributed by atoms with Crippen molar-refractivity contribution in [3.8, 4) is 28.6 Å². The molecule has 8 heteroatoms. The molecule has 0 saturated heterocycles. The van der Waals surface area contributed by atoms with Crippen LogP contribution >= 0.6 is 0 Å². The van der Waals surface area contributed by atoms with Gasteiger partial charge >= 0.3 is 0 Å². The van der Waals surface area contributed by atoms with Crippen LogP contribution < -0.4 is 19.5 Å². The summed E-state index contributed by atoms with van der Waals surface area (Å²) in [6.07, 6.45) is 0. The van der Waals surface area contributed by atoms with Gasteiger partial charge in [0.15, 0.2) is 23.1 Å². The summed E-state index contributed by atoms with van der Waals surface area (Å²) in [6, 6.07) is 13.5. The summed E-state index contributed by atoms with van der Waals surface area (Å²) < 4.78 is 18.2.